The van der Waals surface area contributed by atoms with Gasteiger partial charge in [-0.25, -0.2) is 0 Å². The topological polar surface area (TPSA) is 62.5 Å². The Morgan fingerprint density at radius 3 is 2.63 bits per heavy atom. The summed E-state index contributed by atoms with van der Waals surface area (Å²) in [4.78, 5) is 10.7. The molecule has 0 bridgehead atoms. The van der Waals surface area contributed by atoms with Crippen LogP contribution in [0.4, 0.5) is 0 Å². The van der Waals surface area contributed by atoms with Crippen LogP contribution in [0.15, 0.2) is 40.8 Å². The standard InChI is InChI=1S/C14H14ClNO3/c1-9(14(17)18)16-8-12-6-7-13(19-12)10-2-4-11(15)5-3-10/h2-7,9,16H,8H2,1H3,(H,17,18)/t9-/m0/s1. The number of benzene rings is 1. The number of hydrogen-bond donors (Lipinski definition) is 2. The molecule has 0 aliphatic heterocycles. The quantitative estimate of drug-likeness (QED) is 0.882. The van der Waals surface area contributed by atoms with Crippen LogP contribution in [0.25, 0.3) is 11.3 Å². The Bertz CT molecular complexity index is 562. The van der Waals surface area contributed by atoms with Crippen LogP contribution in [0.5, 0.6) is 0 Å². The number of nitrogens with one attached hydrogen (secondary N) is 1. The number of furan rings is 1. The van der Waals surface area contributed by atoms with Crippen molar-refractivity contribution in [2.75, 3.05) is 0 Å². The van der Waals surface area contributed by atoms with Crippen LogP contribution in [-0.2, 0) is 11.3 Å². The number of rotatable bonds is 5. The zero-order valence-electron chi connectivity index (χ0n) is 10.4. The minimum atomic E-state index is -0.885. The maximum atomic E-state index is 10.7. The van der Waals surface area contributed by atoms with Gasteiger partial charge in [0.25, 0.3) is 0 Å². The highest BCUT2D eigenvalue weighted by molar-refractivity contribution is 6.30. The molecule has 0 saturated heterocycles. The van der Waals surface area contributed by atoms with Gasteiger partial charge < -0.3 is 9.52 Å². The van der Waals surface area contributed by atoms with Crippen molar-refractivity contribution < 1.29 is 14.3 Å². The highest BCUT2D eigenvalue weighted by Gasteiger charge is 2.11. The SMILES string of the molecule is C[C@H](NCc1ccc(-c2ccc(Cl)cc2)o1)C(=O)O. The molecule has 19 heavy (non-hydrogen) atoms. The Balaban J connectivity index is 2.03. The molecule has 1 aromatic heterocycles. The summed E-state index contributed by atoms with van der Waals surface area (Å²) in [6, 6.07) is 10.4. The number of carbonyl (C=O) groups is 1. The van der Waals surface area contributed by atoms with Gasteiger partial charge in [0.05, 0.1) is 6.54 Å². The number of aliphatic carboxylic acids is 1. The van der Waals surface area contributed by atoms with Crippen LogP contribution >= 0.6 is 11.6 Å². The summed E-state index contributed by atoms with van der Waals surface area (Å²) in [5, 5.41) is 12.3. The van der Waals surface area contributed by atoms with Crippen LogP contribution in [-0.4, -0.2) is 17.1 Å². The molecular weight excluding hydrogens is 266 g/mol. The zero-order chi connectivity index (χ0) is 13.8. The van der Waals surface area contributed by atoms with Gasteiger partial charge in [0.2, 0.25) is 0 Å². The van der Waals surface area contributed by atoms with E-state index in [0.717, 1.165) is 11.3 Å². The summed E-state index contributed by atoms with van der Waals surface area (Å²) in [6.07, 6.45) is 0. The number of hydrogen-bond acceptors (Lipinski definition) is 3. The van der Waals surface area contributed by atoms with Gasteiger partial charge in [-0.05, 0) is 43.3 Å². The van der Waals surface area contributed by atoms with Crippen molar-refractivity contribution in [3.05, 3.63) is 47.2 Å². The fraction of sp³-hybridized carbons (Fsp3) is 0.214. The lowest BCUT2D eigenvalue weighted by Gasteiger charge is -2.06. The normalized spacial score (nSPS) is 12.3. The molecule has 0 amide bonds. The van der Waals surface area contributed by atoms with Crippen LogP contribution in [0.1, 0.15) is 12.7 Å². The average molecular weight is 280 g/mol. The van der Waals surface area contributed by atoms with E-state index in [0.29, 0.717) is 17.3 Å². The third-order valence-electron chi connectivity index (χ3n) is 2.74. The van der Waals surface area contributed by atoms with Crippen molar-refractivity contribution >= 4 is 17.6 Å². The zero-order valence-corrected chi connectivity index (χ0v) is 11.1. The molecule has 0 saturated carbocycles. The lowest BCUT2D eigenvalue weighted by atomic mass is 10.2. The summed E-state index contributed by atoms with van der Waals surface area (Å²) in [5.41, 5.74) is 0.932. The van der Waals surface area contributed by atoms with E-state index in [4.69, 9.17) is 21.1 Å². The number of carboxylic acids is 1. The molecule has 0 aliphatic carbocycles. The maximum Gasteiger partial charge on any atom is 0.320 e. The molecule has 0 spiro atoms. The van der Waals surface area contributed by atoms with Gasteiger partial charge >= 0.3 is 5.97 Å². The predicted molar refractivity (Wildman–Crippen MR) is 73.1 cm³/mol. The maximum absolute atomic E-state index is 10.7. The van der Waals surface area contributed by atoms with Gasteiger partial charge in [-0.3, -0.25) is 10.1 Å². The van der Waals surface area contributed by atoms with Gasteiger partial charge in [0, 0.05) is 10.6 Å². The van der Waals surface area contributed by atoms with Gasteiger partial charge in [0.15, 0.2) is 0 Å². The summed E-state index contributed by atoms with van der Waals surface area (Å²) in [5.74, 6) is 0.541. The fourth-order valence-corrected chi connectivity index (χ4v) is 1.71. The number of carboxylic acid groups (broad SMARTS) is 1. The van der Waals surface area contributed by atoms with Crippen molar-refractivity contribution in [1.29, 1.82) is 0 Å². The number of halogens is 1. The molecule has 0 aliphatic rings. The van der Waals surface area contributed by atoms with Crippen LogP contribution in [0.2, 0.25) is 5.02 Å². The average Bonchev–Trinajstić information content (AvgIpc) is 2.85. The van der Waals surface area contributed by atoms with Crippen LogP contribution in [0.3, 0.4) is 0 Å². The Kier molecular flexibility index (Phi) is 4.24. The van der Waals surface area contributed by atoms with Crippen molar-refractivity contribution in [1.82, 2.24) is 5.32 Å². The van der Waals surface area contributed by atoms with Crippen molar-refractivity contribution in [2.24, 2.45) is 0 Å². The van der Waals surface area contributed by atoms with E-state index in [1.165, 1.54) is 0 Å². The molecule has 1 aromatic carbocycles. The Labute approximate surface area is 116 Å². The molecule has 2 N–H and O–H groups in total. The first-order valence-corrected chi connectivity index (χ1v) is 6.25. The minimum Gasteiger partial charge on any atom is -0.480 e. The van der Waals surface area contributed by atoms with E-state index in [1.807, 2.05) is 24.3 Å². The summed E-state index contributed by atoms with van der Waals surface area (Å²) >= 11 is 5.82. The summed E-state index contributed by atoms with van der Waals surface area (Å²) in [6.45, 7) is 1.96. The highest BCUT2D eigenvalue weighted by Crippen LogP contribution is 2.23. The first-order chi connectivity index (χ1) is 9.06. The minimum absolute atomic E-state index is 0.376. The third kappa shape index (κ3) is 3.59. The summed E-state index contributed by atoms with van der Waals surface area (Å²) in [7, 11) is 0. The van der Waals surface area contributed by atoms with E-state index < -0.39 is 12.0 Å². The fourth-order valence-electron chi connectivity index (χ4n) is 1.58. The van der Waals surface area contributed by atoms with Crippen molar-refractivity contribution in [2.45, 2.75) is 19.5 Å². The van der Waals surface area contributed by atoms with Gasteiger partial charge in [-0.1, -0.05) is 11.6 Å². The first kappa shape index (κ1) is 13.6. The van der Waals surface area contributed by atoms with Gasteiger partial charge in [-0.2, -0.15) is 0 Å². The van der Waals surface area contributed by atoms with Crippen molar-refractivity contribution in [3.8, 4) is 11.3 Å². The van der Waals surface area contributed by atoms with E-state index in [-0.39, 0.29) is 0 Å². The molecule has 0 unspecified atom stereocenters. The molecule has 0 radical (unpaired) electrons. The molecule has 1 atom stereocenters. The van der Waals surface area contributed by atoms with E-state index in [9.17, 15) is 4.79 Å². The van der Waals surface area contributed by atoms with Crippen LogP contribution < -0.4 is 5.32 Å². The lowest BCUT2D eigenvalue weighted by Crippen LogP contribution is -2.32. The third-order valence-corrected chi connectivity index (χ3v) is 3.00. The van der Waals surface area contributed by atoms with E-state index in [1.54, 1.807) is 19.1 Å². The van der Waals surface area contributed by atoms with Crippen molar-refractivity contribution in [3.63, 3.8) is 0 Å². The summed E-state index contributed by atoms with van der Waals surface area (Å²) < 4.78 is 5.64. The van der Waals surface area contributed by atoms with Gasteiger partial charge in [-0.15, -0.1) is 0 Å². The molecule has 100 valence electrons. The molecular formula is C14H14ClNO3. The lowest BCUT2D eigenvalue weighted by molar-refractivity contribution is -0.139. The molecule has 1 heterocycles. The molecule has 2 rings (SSSR count). The predicted octanol–water partition coefficient (Wildman–Crippen LogP) is 3.16. The molecule has 5 heteroatoms. The second-order valence-electron chi connectivity index (χ2n) is 4.21. The van der Waals surface area contributed by atoms with Crippen LogP contribution in [0, 0.1) is 0 Å². The second-order valence-corrected chi connectivity index (χ2v) is 4.65. The molecule has 0 fully saturated rings. The second kappa shape index (κ2) is 5.91. The molecule has 2 aromatic rings. The monoisotopic (exact) mass is 279 g/mol. The van der Waals surface area contributed by atoms with E-state index >= 15 is 0 Å². The van der Waals surface area contributed by atoms with E-state index in [2.05, 4.69) is 5.32 Å². The Morgan fingerprint density at radius 1 is 1.32 bits per heavy atom. The van der Waals surface area contributed by atoms with Gasteiger partial charge in [0.1, 0.15) is 17.6 Å². The molecule has 4 nitrogen and oxygen atoms in total. The highest BCUT2D eigenvalue weighted by atomic mass is 35.5. The first-order valence-electron chi connectivity index (χ1n) is 5.87. The smallest absolute Gasteiger partial charge is 0.320 e. The Morgan fingerprint density at radius 2 is 2.00 bits per heavy atom. The Hall–Kier alpha value is -1.78. The largest absolute Gasteiger partial charge is 0.480 e.